The van der Waals surface area contributed by atoms with Crippen LogP contribution in [0.5, 0.6) is 5.75 Å². The summed E-state index contributed by atoms with van der Waals surface area (Å²) < 4.78 is 5.27. The number of ether oxygens (including phenoxy) is 1. The van der Waals surface area contributed by atoms with Gasteiger partial charge in [0.05, 0.1) is 18.5 Å². The summed E-state index contributed by atoms with van der Waals surface area (Å²) in [6.45, 7) is 4.12. The molecule has 0 aromatic heterocycles. The lowest BCUT2D eigenvalue weighted by molar-refractivity contribution is -0.120. The molecular weight excluding hydrogens is 466 g/mol. The van der Waals surface area contributed by atoms with Crippen LogP contribution in [0.1, 0.15) is 35.7 Å². The summed E-state index contributed by atoms with van der Waals surface area (Å²) in [7, 11) is 1.52. The Morgan fingerprint density at radius 1 is 0.943 bits per heavy atom. The highest BCUT2D eigenvalue weighted by Crippen LogP contribution is 2.31. The van der Waals surface area contributed by atoms with E-state index in [0.29, 0.717) is 34.3 Å². The molecule has 0 spiro atoms. The smallest absolute Gasteiger partial charge is 0.283 e. The van der Waals surface area contributed by atoms with Crippen LogP contribution in [0.2, 0.25) is 0 Å². The minimum atomic E-state index is -0.610. The van der Waals surface area contributed by atoms with Crippen LogP contribution < -0.4 is 20.3 Å². The number of rotatable bonds is 7. The average Bonchev–Trinajstić information content (AvgIpc) is 3.07. The third-order valence-corrected chi connectivity index (χ3v) is 5.95. The van der Waals surface area contributed by atoms with Crippen molar-refractivity contribution >= 4 is 46.4 Å². The molecule has 178 valence electrons. The van der Waals surface area contributed by atoms with Crippen LogP contribution in [-0.4, -0.2) is 24.8 Å². The van der Waals surface area contributed by atoms with Gasteiger partial charge in [-0.05, 0) is 53.9 Å². The Balaban J connectivity index is 1.53. The number of anilines is 3. The van der Waals surface area contributed by atoms with Crippen LogP contribution in [0, 0.1) is 0 Å². The SMILES string of the molecule is COc1ccccc1NC(=O)c1cccc(NC2=C(Cl)C(=O)N(c3ccc(C(C)C)cc3)C2=O)c1. The number of imide groups is 1. The van der Waals surface area contributed by atoms with E-state index in [0.717, 1.165) is 10.5 Å². The van der Waals surface area contributed by atoms with Crippen molar-refractivity contribution in [3.05, 3.63) is 94.7 Å². The van der Waals surface area contributed by atoms with E-state index in [9.17, 15) is 14.4 Å². The number of amides is 3. The van der Waals surface area contributed by atoms with Crippen molar-refractivity contribution < 1.29 is 19.1 Å². The molecule has 0 aliphatic carbocycles. The van der Waals surface area contributed by atoms with Gasteiger partial charge in [0, 0.05) is 11.3 Å². The Hall–Kier alpha value is -4.10. The van der Waals surface area contributed by atoms with E-state index >= 15 is 0 Å². The maximum atomic E-state index is 13.1. The number of benzene rings is 3. The van der Waals surface area contributed by atoms with Crippen LogP contribution in [0.4, 0.5) is 17.1 Å². The fourth-order valence-corrected chi connectivity index (χ4v) is 3.89. The van der Waals surface area contributed by atoms with Crippen LogP contribution in [0.25, 0.3) is 0 Å². The number of methoxy groups -OCH3 is 1. The molecule has 3 aromatic rings. The van der Waals surface area contributed by atoms with E-state index in [2.05, 4.69) is 24.5 Å². The molecule has 8 heteroatoms. The fourth-order valence-electron chi connectivity index (χ4n) is 3.68. The van der Waals surface area contributed by atoms with Crippen LogP contribution in [0.15, 0.2) is 83.5 Å². The molecule has 0 atom stereocenters. The molecule has 1 heterocycles. The molecule has 0 fully saturated rings. The van der Waals surface area contributed by atoms with Gasteiger partial charge in [-0.3, -0.25) is 14.4 Å². The first-order valence-corrected chi connectivity index (χ1v) is 11.4. The summed E-state index contributed by atoms with van der Waals surface area (Å²) in [4.78, 5) is 39.7. The van der Waals surface area contributed by atoms with E-state index in [1.807, 2.05) is 12.1 Å². The minimum absolute atomic E-state index is 0.0492. The predicted molar refractivity (Wildman–Crippen MR) is 137 cm³/mol. The van der Waals surface area contributed by atoms with E-state index in [1.54, 1.807) is 60.7 Å². The maximum absolute atomic E-state index is 13.1. The zero-order valence-corrected chi connectivity index (χ0v) is 20.2. The largest absolute Gasteiger partial charge is 0.495 e. The number of nitrogens with one attached hydrogen (secondary N) is 2. The summed E-state index contributed by atoms with van der Waals surface area (Å²) >= 11 is 6.25. The molecule has 2 N–H and O–H groups in total. The van der Waals surface area contributed by atoms with Gasteiger partial charge in [0.15, 0.2) is 0 Å². The second kappa shape index (κ2) is 10.0. The molecular formula is C27H24ClN3O4. The number of hydrogen-bond donors (Lipinski definition) is 2. The second-order valence-electron chi connectivity index (χ2n) is 8.24. The van der Waals surface area contributed by atoms with Crippen LogP contribution >= 0.6 is 11.6 Å². The standard InChI is InChI=1S/C27H24ClN3O4/c1-16(2)17-11-13-20(14-12-17)31-26(33)23(28)24(27(31)34)29-19-8-6-7-18(15-19)25(32)30-21-9-4-5-10-22(21)35-3/h4-16,29H,1-3H3,(H,30,32). The predicted octanol–water partition coefficient (Wildman–Crippen LogP) is 5.51. The Kier molecular flexibility index (Phi) is 6.89. The molecule has 4 rings (SSSR count). The summed E-state index contributed by atoms with van der Waals surface area (Å²) in [5.74, 6) is -0.689. The number of nitrogens with zero attached hydrogens (tertiary/aromatic N) is 1. The molecule has 0 saturated carbocycles. The first kappa shape index (κ1) is 24.0. The van der Waals surface area contributed by atoms with Gasteiger partial charge in [-0.1, -0.05) is 55.8 Å². The lowest BCUT2D eigenvalue weighted by atomic mass is 10.0. The van der Waals surface area contributed by atoms with Crippen molar-refractivity contribution in [2.24, 2.45) is 0 Å². The van der Waals surface area contributed by atoms with Crippen molar-refractivity contribution in [1.82, 2.24) is 0 Å². The average molecular weight is 490 g/mol. The van der Waals surface area contributed by atoms with Crippen LogP contribution in [0.3, 0.4) is 0 Å². The fraction of sp³-hybridized carbons (Fsp3) is 0.148. The molecule has 0 bridgehead atoms. The summed E-state index contributed by atoms with van der Waals surface area (Å²) in [5.41, 5.74) is 2.78. The number of para-hydroxylation sites is 2. The number of carbonyl (C=O) groups is 3. The molecule has 3 amide bonds. The topological polar surface area (TPSA) is 87.7 Å². The third-order valence-electron chi connectivity index (χ3n) is 5.59. The van der Waals surface area contributed by atoms with Gasteiger partial charge in [-0.25, -0.2) is 4.90 Å². The normalized spacial score (nSPS) is 13.5. The molecule has 1 aliphatic heterocycles. The first-order valence-electron chi connectivity index (χ1n) is 11.0. The highest BCUT2D eigenvalue weighted by atomic mass is 35.5. The quantitative estimate of drug-likeness (QED) is 0.427. The molecule has 7 nitrogen and oxygen atoms in total. The summed E-state index contributed by atoms with van der Waals surface area (Å²) in [6.07, 6.45) is 0. The number of carbonyl (C=O) groups excluding carboxylic acids is 3. The molecule has 0 radical (unpaired) electrons. The Bertz CT molecular complexity index is 1330. The Morgan fingerprint density at radius 3 is 2.34 bits per heavy atom. The highest BCUT2D eigenvalue weighted by molar-refractivity contribution is 6.53. The molecule has 3 aromatic carbocycles. The number of halogens is 1. The van der Waals surface area contributed by atoms with Gasteiger partial charge in [0.2, 0.25) is 0 Å². The number of hydrogen-bond acceptors (Lipinski definition) is 5. The third kappa shape index (κ3) is 4.90. The van der Waals surface area contributed by atoms with Gasteiger partial charge in [0.25, 0.3) is 17.7 Å². The Labute approximate surface area is 208 Å². The molecule has 0 unspecified atom stereocenters. The molecule has 0 saturated heterocycles. The van der Waals surface area contributed by atoms with Crippen molar-refractivity contribution in [3.8, 4) is 5.75 Å². The zero-order chi connectivity index (χ0) is 25.1. The van der Waals surface area contributed by atoms with Gasteiger partial charge in [-0.2, -0.15) is 0 Å². The van der Waals surface area contributed by atoms with E-state index < -0.39 is 11.8 Å². The zero-order valence-electron chi connectivity index (χ0n) is 19.5. The second-order valence-corrected chi connectivity index (χ2v) is 8.62. The minimum Gasteiger partial charge on any atom is -0.495 e. The van der Waals surface area contributed by atoms with E-state index in [-0.39, 0.29) is 16.6 Å². The summed E-state index contributed by atoms with van der Waals surface area (Å²) in [5, 5.41) is 5.50. The summed E-state index contributed by atoms with van der Waals surface area (Å²) in [6, 6.07) is 20.8. The van der Waals surface area contributed by atoms with Gasteiger partial charge in [-0.15, -0.1) is 0 Å². The van der Waals surface area contributed by atoms with E-state index in [4.69, 9.17) is 16.3 Å². The molecule has 35 heavy (non-hydrogen) atoms. The highest BCUT2D eigenvalue weighted by Gasteiger charge is 2.39. The first-order chi connectivity index (χ1) is 16.8. The van der Waals surface area contributed by atoms with Crippen molar-refractivity contribution in [2.75, 3.05) is 22.6 Å². The van der Waals surface area contributed by atoms with Gasteiger partial charge in [0.1, 0.15) is 16.5 Å². The maximum Gasteiger partial charge on any atom is 0.283 e. The monoisotopic (exact) mass is 489 g/mol. The molecule has 1 aliphatic rings. The van der Waals surface area contributed by atoms with Crippen molar-refractivity contribution in [1.29, 1.82) is 0 Å². The van der Waals surface area contributed by atoms with Gasteiger partial charge < -0.3 is 15.4 Å². The lowest BCUT2D eigenvalue weighted by Gasteiger charge is -2.16. The lowest BCUT2D eigenvalue weighted by Crippen LogP contribution is -2.32. The van der Waals surface area contributed by atoms with Crippen molar-refractivity contribution in [3.63, 3.8) is 0 Å². The van der Waals surface area contributed by atoms with Crippen LogP contribution in [-0.2, 0) is 9.59 Å². The van der Waals surface area contributed by atoms with Crippen molar-refractivity contribution in [2.45, 2.75) is 19.8 Å². The Morgan fingerprint density at radius 2 is 1.66 bits per heavy atom. The van der Waals surface area contributed by atoms with Gasteiger partial charge >= 0.3 is 0 Å². The van der Waals surface area contributed by atoms with E-state index in [1.165, 1.54) is 7.11 Å².